The molecule has 0 saturated heterocycles. The SMILES string of the molecule is CCCN(C/C(N)=N/O)C(=O)c1ccccc1CC. The van der Waals surface area contributed by atoms with Crippen LogP contribution in [0.5, 0.6) is 0 Å². The van der Waals surface area contributed by atoms with Crippen molar-refractivity contribution in [2.24, 2.45) is 10.9 Å². The number of carbonyl (C=O) groups excluding carboxylic acids is 1. The molecule has 0 saturated carbocycles. The molecule has 0 bridgehead atoms. The van der Waals surface area contributed by atoms with Crippen molar-refractivity contribution >= 4 is 11.7 Å². The molecule has 0 fully saturated rings. The highest BCUT2D eigenvalue weighted by Gasteiger charge is 2.18. The van der Waals surface area contributed by atoms with E-state index in [4.69, 9.17) is 10.9 Å². The molecule has 0 atom stereocenters. The Morgan fingerprint density at radius 3 is 2.63 bits per heavy atom. The lowest BCUT2D eigenvalue weighted by molar-refractivity contribution is 0.0777. The van der Waals surface area contributed by atoms with Gasteiger partial charge in [-0.3, -0.25) is 4.79 Å². The molecular weight excluding hydrogens is 242 g/mol. The van der Waals surface area contributed by atoms with E-state index in [2.05, 4.69) is 5.16 Å². The van der Waals surface area contributed by atoms with Crippen LogP contribution in [0.4, 0.5) is 0 Å². The van der Waals surface area contributed by atoms with Crippen LogP contribution >= 0.6 is 0 Å². The minimum Gasteiger partial charge on any atom is -0.409 e. The second-order valence-electron chi connectivity index (χ2n) is 4.33. The van der Waals surface area contributed by atoms with Gasteiger partial charge in [-0.1, -0.05) is 37.2 Å². The molecule has 5 nitrogen and oxygen atoms in total. The van der Waals surface area contributed by atoms with E-state index < -0.39 is 0 Å². The number of aryl methyl sites for hydroxylation is 1. The molecule has 104 valence electrons. The van der Waals surface area contributed by atoms with E-state index in [0.717, 1.165) is 18.4 Å². The Balaban J connectivity index is 2.98. The molecule has 1 amide bonds. The van der Waals surface area contributed by atoms with E-state index in [1.54, 1.807) is 4.90 Å². The van der Waals surface area contributed by atoms with E-state index in [-0.39, 0.29) is 18.3 Å². The average molecular weight is 263 g/mol. The second-order valence-corrected chi connectivity index (χ2v) is 4.33. The molecule has 0 aliphatic rings. The van der Waals surface area contributed by atoms with Gasteiger partial charge in [0, 0.05) is 12.1 Å². The number of rotatable bonds is 6. The molecule has 0 aromatic heterocycles. The summed E-state index contributed by atoms with van der Waals surface area (Å²) in [6.45, 7) is 4.71. The third-order valence-electron chi connectivity index (χ3n) is 2.89. The van der Waals surface area contributed by atoms with Crippen LogP contribution in [0.2, 0.25) is 0 Å². The number of nitrogens with two attached hydrogens (primary N) is 1. The highest BCUT2D eigenvalue weighted by Crippen LogP contribution is 2.12. The van der Waals surface area contributed by atoms with Gasteiger partial charge in [-0.05, 0) is 24.5 Å². The molecule has 0 aliphatic carbocycles. The Bertz CT molecular complexity index is 458. The van der Waals surface area contributed by atoms with Crippen LogP contribution in [-0.2, 0) is 6.42 Å². The number of oxime groups is 1. The molecule has 19 heavy (non-hydrogen) atoms. The predicted molar refractivity (Wildman–Crippen MR) is 75.4 cm³/mol. The first-order valence-corrected chi connectivity index (χ1v) is 6.47. The minimum absolute atomic E-state index is 0.0378. The van der Waals surface area contributed by atoms with E-state index in [0.29, 0.717) is 12.1 Å². The van der Waals surface area contributed by atoms with Gasteiger partial charge in [0.2, 0.25) is 0 Å². The van der Waals surface area contributed by atoms with Crippen LogP contribution in [0.1, 0.15) is 36.2 Å². The van der Waals surface area contributed by atoms with Crippen molar-refractivity contribution in [3.8, 4) is 0 Å². The molecule has 5 heteroatoms. The predicted octanol–water partition coefficient (Wildman–Crippen LogP) is 1.85. The number of benzene rings is 1. The lowest BCUT2D eigenvalue weighted by Gasteiger charge is -2.22. The van der Waals surface area contributed by atoms with E-state index in [1.165, 1.54) is 0 Å². The second kappa shape index (κ2) is 7.41. The van der Waals surface area contributed by atoms with Gasteiger partial charge in [0.15, 0.2) is 5.84 Å². The third kappa shape index (κ3) is 3.98. The molecule has 1 aromatic rings. The normalized spacial score (nSPS) is 11.4. The van der Waals surface area contributed by atoms with Crippen molar-refractivity contribution < 1.29 is 10.0 Å². The molecule has 1 aromatic carbocycles. The highest BCUT2D eigenvalue weighted by molar-refractivity contribution is 5.98. The first-order chi connectivity index (χ1) is 9.13. The Kier molecular flexibility index (Phi) is 5.85. The lowest BCUT2D eigenvalue weighted by atomic mass is 10.0. The molecule has 1 rings (SSSR count). The minimum atomic E-state index is -0.0779. The smallest absolute Gasteiger partial charge is 0.254 e. The maximum absolute atomic E-state index is 12.5. The first kappa shape index (κ1) is 15.0. The average Bonchev–Trinajstić information content (AvgIpc) is 2.45. The van der Waals surface area contributed by atoms with Crippen LogP contribution < -0.4 is 5.73 Å². The third-order valence-corrected chi connectivity index (χ3v) is 2.89. The van der Waals surface area contributed by atoms with Crippen LogP contribution in [-0.4, -0.2) is 34.9 Å². The van der Waals surface area contributed by atoms with E-state index in [1.807, 2.05) is 38.1 Å². The number of hydrogen-bond donors (Lipinski definition) is 2. The van der Waals surface area contributed by atoms with E-state index in [9.17, 15) is 4.79 Å². The monoisotopic (exact) mass is 263 g/mol. The summed E-state index contributed by atoms with van der Waals surface area (Å²) in [6.07, 6.45) is 1.62. The highest BCUT2D eigenvalue weighted by atomic mass is 16.4. The maximum Gasteiger partial charge on any atom is 0.254 e. The number of carbonyl (C=O) groups is 1. The van der Waals surface area contributed by atoms with Crippen LogP contribution in [0.25, 0.3) is 0 Å². The number of nitrogens with zero attached hydrogens (tertiary/aromatic N) is 2. The molecule has 3 N–H and O–H groups in total. The van der Waals surface area contributed by atoms with Crippen molar-refractivity contribution in [2.75, 3.05) is 13.1 Å². The number of amidine groups is 1. The van der Waals surface area contributed by atoms with Gasteiger partial charge in [0.05, 0.1) is 6.54 Å². The molecule has 0 heterocycles. The van der Waals surface area contributed by atoms with Gasteiger partial charge in [-0.15, -0.1) is 0 Å². The van der Waals surface area contributed by atoms with Gasteiger partial charge in [-0.2, -0.15) is 0 Å². The summed E-state index contributed by atoms with van der Waals surface area (Å²) in [4.78, 5) is 14.1. The fourth-order valence-corrected chi connectivity index (χ4v) is 1.96. The molecule has 0 aliphatic heterocycles. The zero-order chi connectivity index (χ0) is 14.3. The summed E-state index contributed by atoms with van der Waals surface area (Å²) >= 11 is 0. The number of hydrogen-bond acceptors (Lipinski definition) is 3. The molecule has 0 unspecified atom stereocenters. The summed E-state index contributed by atoms with van der Waals surface area (Å²) in [5, 5.41) is 11.6. The van der Waals surface area contributed by atoms with Gasteiger partial charge in [0.1, 0.15) is 0 Å². The van der Waals surface area contributed by atoms with Crippen molar-refractivity contribution in [1.82, 2.24) is 4.90 Å². The van der Waals surface area contributed by atoms with Crippen molar-refractivity contribution in [2.45, 2.75) is 26.7 Å². The fraction of sp³-hybridized carbons (Fsp3) is 0.429. The lowest BCUT2D eigenvalue weighted by Crippen LogP contribution is -2.39. The topological polar surface area (TPSA) is 78.9 Å². The van der Waals surface area contributed by atoms with Crippen LogP contribution in [0, 0.1) is 0 Å². The van der Waals surface area contributed by atoms with Crippen molar-refractivity contribution in [3.05, 3.63) is 35.4 Å². The zero-order valence-electron chi connectivity index (χ0n) is 11.5. The largest absolute Gasteiger partial charge is 0.409 e. The zero-order valence-corrected chi connectivity index (χ0v) is 11.5. The Hall–Kier alpha value is -2.04. The standard InChI is InChI=1S/C14H21N3O2/c1-3-9-17(10-13(15)16-19)14(18)12-8-6-5-7-11(12)4-2/h5-8,19H,3-4,9-10H2,1-2H3,(H2,15,16). The van der Waals surface area contributed by atoms with Crippen LogP contribution in [0.15, 0.2) is 29.4 Å². The maximum atomic E-state index is 12.5. The van der Waals surface area contributed by atoms with Gasteiger partial charge >= 0.3 is 0 Å². The van der Waals surface area contributed by atoms with E-state index >= 15 is 0 Å². The Labute approximate surface area is 113 Å². The first-order valence-electron chi connectivity index (χ1n) is 6.47. The summed E-state index contributed by atoms with van der Waals surface area (Å²) in [5.41, 5.74) is 7.19. The fourth-order valence-electron chi connectivity index (χ4n) is 1.96. The van der Waals surface area contributed by atoms with Crippen molar-refractivity contribution in [3.63, 3.8) is 0 Å². The van der Waals surface area contributed by atoms with Gasteiger partial charge < -0.3 is 15.8 Å². The number of amides is 1. The van der Waals surface area contributed by atoms with Gasteiger partial charge in [0.25, 0.3) is 5.91 Å². The van der Waals surface area contributed by atoms with Gasteiger partial charge in [-0.25, -0.2) is 0 Å². The molecule has 0 spiro atoms. The molecular formula is C14H21N3O2. The summed E-state index contributed by atoms with van der Waals surface area (Å²) < 4.78 is 0. The Morgan fingerprint density at radius 1 is 1.37 bits per heavy atom. The van der Waals surface area contributed by atoms with Crippen LogP contribution in [0.3, 0.4) is 0 Å². The Morgan fingerprint density at radius 2 is 2.05 bits per heavy atom. The quantitative estimate of drug-likeness (QED) is 0.356. The summed E-state index contributed by atoms with van der Waals surface area (Å²) in [6, 6.07) is 7.53. The summed E-state index contributed by atoms with van der Waals surface area (Å²) in [7, 11) is 0. The molecule has 0 radical (unpaired) electrons. The van der Waals surface area contributed by atoms with Crippen molar-refractivity contribution in [1.29, 1.82) is 0 Å². The summed E-state index contributed by atoms with van der Waals surface area (Å²) in [5.74, 6) is -0.0401.